The molecule has 2 atom stereocenters. The summed E-state index contributed by atoms with van der Waals surface area (Å²) in [6.07, 6.45) is -0.399. The van der Waals surface area contributed by atoms with E-state index in [9.17, 15) is 13.2 Å². The third kappa shape index (κ3) is 5.39. The molecular weight excluding hydrogens is 354 g/mol. The quantitative estimate of drug-likeness (QED) is 0.716. The Hall–Kier alpha value is -2.22. The summed E-state index contributed by atoms with van der Waals surface area (Å²) in [6, 6.07) is 14.7. The van der Waals surface area contributed by atoms with Crippen molar-refractivity contribution in [1.82, 2.24) is 4.72 Å². The zero-order valence-corrected chi connectivity index (χ0v) is 15.8. The van der Waals surface area contributed by atoms with Gasteiger partial charge in [0.05, 0.1) is 17.1 Å². The minimum atomic E-state index is -3.67. The van der Waals surface area contributed by atoms with E-state index in [0.717, 1.165) is 5.56 Å². The fourth-order valence-corrected chi connectivity index (χ4v) is 3.64. The average molecular weight is 377 g/mol. The van der Waals surface area contributed by atoms with Gasteiger partial charge in [-0.05, 0) is 43.7 Å². The Kier molecular flexibility index (Phi) is 6.90. The zero-order chi connectivity index (χ0) is 19.2. The Labute approximate surface area is 154 Å². The van der Waals surface area contributed by atoms with E-state index < -0.39 is 22.1 Å². The summed E-state index contributed by atoms with van der Waals surface area (Å²) in [5, 5.41) is 0. The minimum absolute atomic E-state index is 0.0770. The van der Waals surface area contributed by atoms with Crippen LogP contribution in [0.15, 0.2) is 59.5 Å². The number of nitrogens with one attached hydrogen (secondary N) is 1. The Bertz CT molecular complexity index is 819. The molecule has 0 unspecified atom stereocenters. The summed E-state index contributed by atoms with van der Waals surface area (Å²) >= 11 is 0. The van der Waals surface area contributed by atoms with E-state index in [1.807, 2.05) is 30.3 Å². The lowest BCUT2D eigenvalue weighted by molar-refractivity contribution is 0.0337. The van der Waals surface area contributed by atoms with Crippen LogP contribution in [0, 0.1) is 0 Å². The number of rotatable bonds is 8. The summed E-state index contributed by atoms with van der Waals surface area (Å²) in [5.41, 5.74) is 1.17. The SMILES string of the molecule is COC[C@@H](C)NS(=O)(=O)c1ccc(C(=O)O[C@H](C)c2ccccc2)cc1. The van der Waals surface area contributed by atoms with Gasteiger partial charge in [-0.2, -0.15) is 0 Å². The topological polar surface area (TPSA) is 81.7 Å². The number of ether oxygens (including phenoxy) is 2. The monoisotopic (exact) mass is 377 g/mol. The first-order valence-electron chi connectivity index (χ1n) is 8.20. The molecule has 0 aliphatic carbocycles. The van der Waals surface area contributed by atoms with Crippen molar-refractivity contribution >= 4 is 16.0 Å². The summed E-state index contributed by atoms with van der Waals surface area (Å²) < 4.78 is 37.4. The molecule has 140 valence electrons. The molecular formula is C19H23NO5S. The molecule has 0 heterocycles. The van der Waals surface area contributed by atoms with Crippen LogP contribution in [0.3, 0.4) is 0 Å². The first-order chi connectivity index (χ1) is 12.3. The number of benzene rings is 2. The van der Waals surface area contributed by atoms with Crippen LogP contribution in [0.25, 0.3) is 0 Å². The van der Waals surface area contributed by atoms with Crippen LogP contribution in [-0.2, 0) is 19.5 Å². The van der Waals surface area contributed by atoms with E-state index >= 15 is 0 Å². The molecule has 0 amide bonds. The maximum Gasteiger partial charge on any atom is 0.338 e. The van der Waals surface area contributed by atoms with Crippen LogP contribution < -0.4 is 4.72 Å². The van der Waals surface area contributed by atoms with E-state index in [-0.39, 0.29) is 23.1 Å². The van der Waals surface area contributed by atoms with Crippen molar-refractivity contribution in [1.29, 1.82) is 0 Å². The van der Waals surface area contributed by atoms with Gasteiger partial charge in [0.25, 0.3) is 0 Å². The number of carbonyl (C=O) groups excluding carboxylic acids is 1. The van der Waals surface area contributed by atoms with Gasteiger partial charge in [0.2, 0.25) is 10.0 Å². The molecule has 0 aromatic heterocycles. The fourth-order valence-electron chi connectivity index (χ4n) is 2.41. The number of hydrogen-bond acceptors (Lipinski definition) is 5. The molecule has 0 bridgehead atoms. The summed E-state index contributed by atoms with van der Waals surface area (Å²) in [7, 11) is -2.17. The van der Waals surface area contributed by atoms with Gasteiger partial charge >= 0.3 is 5.97 Å². The Morgan fingerprint density at radius 1 is 1.04 bits per heavy atom. The molecule has 2 aromatic carbocycles. The molecule has 0 saturated heterocycles. The second-order valence-corrected chi connectivity index (χ2v) is 7.67. The Morgan fingerprint density at radius 2 is 1.65 bits per heavy atom. The molecule has 0 spiro atoms. The second kappa shape index (κ2) is 8.93. The first kappa shape index (κ1) is 20.1. The molecule has 0 fully saturated rings. The molecule has 6 nitrogen and oxygen atoms in total. The lowest BCUT2D eigenvalue weighted by Crippen LogP contribution is -2.35. The minimum Gasteiger partial charge on any atom is -0.454 e. The van der Waals surface area contributed by atoms with E-state index in [1.54, 1.807) is 13.8 Å². The summed E-state index contributed by atoms with van der Waals surface area (Å²) in [6.45, 7) is 3.76. The molecule has 0 aliphatic heterocycles. The molecule has 1 N–H and O–H groups in total. The summed E-state index contributed by atoms with van der Waals surface area (Å²) in [4.78, 5) is 12.3. The van der Waals surface area contributed by atoms with Gasteiger partial charge < -0.3 is 9.47 Å². The highest BCUT2D eigenvalue weighted by molar-refractivity contribution is 7.89. The Morgan fingerprint density at radius 3 is 2.23 bits per heavy atom. The van der Waals surface area contributed by atoms with Crippen molar-refractivity contribution < 1.29 is 22.7 Å². The van der Waals surface area contributed by atoms with Crippen LogP contribution in [0.2, 0.25) is 0 Å². The molecule has 0 aliphatic rings. The van der Waals surface area contributed by atoms with Crippen LogP contribution in [0.4, 0.5) is 0 Å². The standard InChI is InChI=1S/C19H23NO5S/c1-14(13-24-3)20-26(22,23)18-11-9-17(10-12-18)19(21)25-15(2)16-7-5-4-6-8-16/h4-12,14-15,20H,13H2,1-3H3/t14-,15-/m1/s1. The van der Waals surface area contributed by atoms with Crippen LogP contribution in [0.1, 0.15) is 35.9 Å². The maximum atomic E-state index is 12.3. The lowest BCUT2D eigenvalue weighted by atomic mass is 10.1. The van der Waals surface area contributed by atoms with Gasteiger partial charge in [-0.1, -0.05) is 30.3 Å². The van der Waals surface area contributed by atoms with Crippen LogP contribution in [-0.4, -0.2) is 34.1 Å². The highest BCUT2D eigenvalue weighted by Crippen LogP contribution is 2.19. The van der Waals surface area contributed by atoms with E-state index in [1.165, 1.54) is 31.4 Å². The molecule has 2 aromatic rings. The third-order valence-corrected chi connectivity index (χ3v) is 5.33. The third-order valence-electron chi connectivity index (χ3n) is 3.73. The van der Waals surface area contributed by atoms with Crippen molar-refractivity contribution in [3.8, 4) is 0 Å². The van der Waals surface area contributed by atoms with Crippen molar-refractivity contribution in [2.45, 2.75) is 30.9 Å². The predicted molar refractivity (Wildman–Crippen MR) is 98.4 cm³/mol. The lowest BCUT2D eigenvalue weighted by Gasteiger charge is -2.15. The van der Waals surface area contributed by atoms with E-state index in [2.05, 4.69) is 4.72 Å². The molecule has 26 heavy (non-hydrogen) atoms. The highest BCUT2D eigenvalue weighted by atomic mass is 32.2. The molecule has 2 rings (SSSR count). The largest absolute Gasteiger partial charge is 0.454 e. The smallest absolute Gasteiger partial charge is 0.338 e. The number of hydrogen-bond donors (Lipinski definition) is 1. The van der Waals surface area contributed by atoms with Crippen molar-refractivity contribution in [2.75, 3.05) is 13.7 Å². The van der Waals surface area contributed by atoms with Gasteiger partial charge in [0.1, 0.15) is 6.10 Å². The maximum absolute atomic E-state index is 12.3. The highest BCUT2D eigenvalue weighted by Gasteiger charge is 2.19. The zero-order valence-electron chi connectivity index (χ0n) is 15.0. The fraction of sp³-hybridized carbons (Fsp3) is 0.316. The van der Waals surface area contributed by atoms with Crippen LogP contribution >= 0.6 is 0 Å². The van der Waals surface area contributed by atoms with Crippen molar-refractivity contribution in [3.05, 3.63) is 65.7 Å². The number of carbonyl (C=O) groups is 1. The van der Waals surface area contributed by atoms with Gasteiger partial charge in [-0.25, -0.2) is 17.9 Å². The number of esters is 1. The molecule has 0 saturated carbocycles. The molecule has 0 radical (unpaired) electrons. The first-order valence-corrected chi connectivity index (χ1v) is 9.69. The normalized spacial score (nSPS) is 13.8. The number of sulfonamides is 1. The van der Waals surface area contributed by atoms with E-state index in [0.29, 0.717) is 0 Å². The van der Waals surface area contributed by atoms with Gasteiger partial charge in [0, 0.05) is 13.2 Å². The van der Waals surface area contributed by atoms with Gasteiger partial charge in [0.15, 0.2) is 0 Å². The average Bonchev–Trinajstić information content (AvgIpc) is 2.62. The Balaban J connectivity index is 2.05. The second-order valence-electron chi connectivity index (χ2n) is 5.96. The van der Waals surface area contributed by atoms with Gasteiger partial charge in [-0.15, -0.1) is 0 Å². The van der Waals surface area contributed by atoms with Crippen LogP contribution in [0.5, 0.6) is 0 Å². The number of methoxy groups -OCH3 is 1. The molecule has 7 heteroatoms. The van der Waals surface area contributed by atoms with Crippen molar-refractivity contribution in [2.24, 2.45) is 0 Å². The van der Waals surface area contributed by atoms with Crippen molar-refractivity contribution in [3.63, 3.8) is 0 Å². The van der Waals surface area contributed by atoms with E-state index in [4.69, 9.17) is 9.47 Å². The summed E-state index contributed by atoms with van der Waals surface area (Å²) in [5.74, 6) is -0.508. The van der Waals surface area contributed by atoms with Gasteiger partial charge in [-0.3, -0.25) is 0 Å². The predicted octanol–water partition coefficient (Wildman–Crippen LogP) is 2.92.